The normalized spacial score (nSPS) is 10.8. The van der Waals surface area contributed by atoms with Crippen LogP contribution in [-0.2, 0) is 16.7 Å². The molecule has 0 bridgehead atoms. The van der Waals surface area contributed by atoms with Crippen LogP contribution in [0.2, 0.25) is 0 Å². The van der Waals surface area contributed by atoms with Gasteiger partial charge in [-0.2, -0.15) is 5.10 Å². The number of nitrogens with one attached hydrogen (secondary N) is 1. The molecular weight excluding hydrogens is 308 g/mol. The minimum Gasteiger partial charge on any atom is -0.494 e. The third-order valence-electron chi connectivity index (χ3n) is 3.44. The topological polar surface area (TPSA) is 77.7 Å². The van der Waals surface area contributed by atoms with E-state index in [1.165, 1.54) is 0 Å². The Morgan fingerprint density at radius 1 is 1.33 bits per heavy atom. The van der Waals surface area contributed by atoms with E-state index in [9.17, 15) is 4.79 Å². The Labute approximate surface area is 141 Å². The highest BCUT2D eigenvalue weighted by Crippen LogP contribution is 2.18. The summed E-state index contributed by atoms with van der Waals surface area (Å²) in [5, 5.41) is 10.8. The highest BCUT2D eigenvalue weighted by atomic mass is 16.6. The number of carbonyl (C=O) groups excluding carboxylic acids is 1. The Kier molecular flexibility index (Phi) is 5.95. The van der Waals surface area contributed by atoms with Crippen molar-refractivity contribution < 1.29 is 14.4 Å². The number of hydrogen-bond donors (Lipinski definition) is 1. The van der Waals surface area contributed by atoms with Crippen LogP contribution in [-0.4, -0.2) is 35.1 Å². The molecule has 7 nitrogen and oxygen atoms in total. The SMILES string of the molecule is CCOc1ccc(/C=N\OCC(=O)Nc2c(C)nn(C)c2C)cc1. The Hall–Kier alpha value is -2.83. The van der Waals surface area contributed by atoms with Crippen molar-refractivity contribution in [2.45, 2.75) is 20.8 Å². The molecule has 0 aliphatic rings. The molecule has 0 aliphatic heterocycles. The Bertz CT molecular complexity index is 720. The van der Waals surface area contributed by atoms with Gasteiger partial charge in [-0.15, -0.1) is 0 Å². The van der Waals surface area contributed by atoms with Crippen LogP contribution in [0.5, 0.6) is 5.75 Å². The third-order valence-corrected chi connectivity index (χ3v) is 3.44. The van der Waals surface area contributed by atoms with Gasteiger partial charge < -0.3 is 14.9 Å². The number of rotatable bonds is 7. The van der Waals surface area contributed by atoms with Crippen molar-refractivity contribution in [3.05, 3.63) is 41.2 Å². The molecule has 2 aromatic rings. The summed E-state index contributed by atoms with van der Waals surface area (Å²) < 4.78 is 7.08. The number of anilines is 1. The number of amides is 1. The Balaban J connectivity index is 1.81. The summed E-state index contributed by atoms with van der Waals surface area (Å²) in [6.45, 7) is 6.12. The lowest BCUT2D eigenvalue weighted by Crippen LogP contribution is -2.18. The second-order valence-electron chi connectivity index (χ2n) is 5.23. The number of oxime groups is 1. The molecule has 0 aliphatic carbocycles. The lowest BCUT2D eigenvalue weighted by Gasteiger charge is -2.04. The maximum absolute atomic E-state index is 11.9. The van der Waals surface area contributed by atoms with Crippen LogP contribution in [0.15, 0.2) is 29.4 Å². The van der Waals surface area contributed by atoms with Crippen molar-refractivity contribution in [1.82, 2.24) is 9.78 Å². The van der Waals surface area contributed by atoms with Crippen molar-refractivity contribution in [3.8, 4) is 5.75 Å². The molecule has 2 rings (SSSR count). The summed E-state index contributed by atoms with van der Waals surface area (Å²) in [5.41, 5.74) is 3.22. The quantitative estimate of drug-likeness (QED) is 0.625. The Morgan fingerprint density at radius 3 is 2.62 bits per heavy atom. The zero-order valence-corrected chi connectivity index (χ0v) is 14.4. The van der Waals surface area contributed by atoms with Crippen LogP contribution in [0.4, 0.5) is 5.69 Å². The number of hydrogen-bond acceptors (Lipinski definition) is 5. The number of aromatic nitrogens is 2. The largest absolute Gasteiger partial charge is 0.494 e. The molecule has 0 saturated carbocycles. The maximum atomic E-state index is 11.9. The predicted molar refractivity (Wildman–Crippen MR) is 92.5 cm³/mol. The summed E-state index contributed by atoms with van der Waals surface area (Å²) >= 11 is 0. The molecule has 7 heteroatoms. The van der Waals surface area contributed by atoms with Gasteiger partial charge in [-0.3, -0.25) is 9.48 Å². The predicted octanol–water partition coefficient (Wildman–Crippen LogP) is 2.42. The van der Waals surface area contributed by atoms with Crippen molar-refractivity contribution in [1.29, 1.82) is 0 Å². The second kappa shape index (κ2) is 8.14. The molecule has 0 radical (unpaired) electrons. The van der Waals surface area contributed by atoms with Crippen molar-refractivity contribution in [2.75, 3.05) is 18.5 Å². The monoisotopic (exact) mass is 330 g/mol. The van der Waals surface area contributed by atoms with Crippen molar-refractivity contribution in [3.63, 3.8) is 0 Å². The number of aryl methyl sites for hydroxylation is 2. The molecule has 0 fully saturated rings. The lowest BCUT2D eigenvalue weighted by atomic mass is 10.2. The maximum Gasteiger partial charge on any atom is 0.265 e. The van der Waals surface area contributed by atoms with E-state index in [0.29, 0.717) is 12.3 Å². The lowest BCUT2D eigenvalue weighted by molar-refractivity contribution is -0.120. The van der Waals surface area contributed by atoms with Crippen LogP contribution in [0, 0.1) is 13.8 Å². The molecule has 0 spiro atoms. The van der Waals surface area contributed by atoms with Crippen LogP contribution in [0.25, 0.3) is 0 Å². The fraction of sp³-hybridized carbons (Fsp3) is 0.353. The first-order valence-electron chi connectivity index (χ1n) is 7.69. The molecule has 1 aromatic heterocycles. The first-order chi connectivity index (χ1) is 11.5. The van der Waals surface area contributed by atoms with Gasteiger partial charge in [0.2, 0.25) is 0 Å². The first kappa shape index (κ1) is 17.5. The molecule has 128 valence electrons. The van der Waals surface area contributed by atoms with E-state index in [2.05, 4.69) is 15.6 Å². The molecule has 0 unspecified atom stereocenters. The molecule has 1 N–H and O–H groups in total. The fourth-order valence-electron chi connectivity index (χ4n) is 2.14. The molecule has 1 heterocycles. The van der Waals surface area contributed by atoms with E-state index in [1.807, 2.05) is 52.1 Å². The highest BCUT2D eigenvalue weighted by Gasteiger charge is 2.12. The number of carbonyl (C=O) groups is 1. The van der Waals surface area contributed by atoms with Gasteiger partial charge in [-0.05, 0) is 50.6 Å². The molecule has 0 atom stereocenters. The van der Waals surface area contributed by atoms with Gasteiger partial charge in [-0.1, -0.05) is 5.16 Å². The van der Waals surface area contributed by atoms with Gasteiger partial charge in [0.25, 0.3) is 5.91 Å². The standard InChI is InChI=1S/C17H22N4O3/c1-5-23-15-8-6-14(7-9-15)10-18-24-11-16(22)19-17-12(2)20-21(4)13(17)3/h6-10H,5,11H2,1-4H3,(H,19,22)/b18-10-. The summed E-state index contributed by atoms with van der Waals surface area (Å²) in [5.74, 6) is 0.523. The highest BCUT2D eigenvalue weighted by molar-refractivity contribution is 5.92. The van der Waals surface area contributed by atoms with Crippen LogP contribution in [0.3, 0.4) is 0 Å². The summed E-state index contributed by atoms with van der Waals surface area (Å²) in [4.78, 5) is 16.9. The second-order valence-corrected chi connectivity index (χ2v) is 5.23. The fourth-order valence-corrected chi connectivity index (χ4v) is 2.14. The zero-order chi connectivity index (χ0) is 17.5. The van der Waals surface area contributed by atoms with Crippen LogP contribution >= 0.6 is 0 Å². The van der Waals surface area contributed by atoms with Crippen LogP contribution in [0.1, 0.15) is 23.9 Å². The van der Waals surface area contributed by atoms with E-state index in [-0.39, 0.29) is 12.5 Å². The van der Waals surface area contributed by atoms with E-state index in [4.69, 9.17) is 9.57 Å². The Morgan fingerprint density at radius 2 is 2.04 bits per heavy atom. The number of benzene rings is 1. The average molecular weight is 330 g/mol. The van der Waals surface area contributed by atoms with E-state index in [1.54, 1.807) is 10.9 Å². The number of ether oxygens (including phenoxy) is 1. The summed E-state index contributed by atoms with van der Waals surface area (Å²) in [6, 6.07) is 7.43. The van der Waals surface area contributed by atoms with Gasteiger partial charge in [0, 0.05) is 7.05 Å². The molecule has 1 aromatic carbocycles. The first-order valence-corrected chi connectivity index (χ1v) is 7.69. The third kappa shape index (κ3) is 4.58. The van der Waals surface area contributed by atoms with Gasteiger partial charge in [0.05, 0.1) is 29.9 Å². The smallest absolute Gasteiger partial charge is 0.265 e. The number of nitrogens with zero attached hydrogens (tertiary/aromatic N) is 3. The minimum atomic E-state index is -0.280. The van der Waals surface area contributed by atoms with Gasteiger partial charge in [0.15, 0.2) is 6.61 Å². The molecule has 24 heavy (non-hydrogen) atoms. The summed E-state index contributed by atoms with van der Waals surface area (Å²) in [6.07, 6.45) is 1.55. The van der Waals surface area contributed by atoms with E-state index < -0.39 is 0 Å². The van der Waals surface area contributed by atoms with Gasteiger partial charge in [-0.25, -0.2) is 0 Å². The molecule has 1 amide bonds. The average Bonchev–Trinajstić information content (AvgIpc) is 2.80. The van der Waals surface area contributed by atoms with E-state index >= 15 is 0 Å². The summed E-state index contributed by atoms with van der Waals surface area (Å²) in [7, 11) is 1.83. The van der Waals surface area contributed by atoms with Crippen LogP contribution < -0.4 is 10.1 Å². The zero-order valence-electron chi connectivity index (χ0n) is 14.4. The molecular formula is C17H22N4O3. The minimum absolute atomic E-state index is 0.165. The van der Waals surface area contributed by atoms with Crippen molar-refractivity contribution >= 4 is 17.8 Å². The van der Waals surface area contributed by atoms with E-state index in [0.717, 1.165) is 22.7 Å². The molecule has 0 saturated heterocycles. The van der Waals surface area contributed by atoms with Gasteiger partial charge >= 0.3 is 0 Å². The van der Waals surface area contributed by atoms with Gasteiger partial charge in [0.1, 0.15) is 5.75 Å². The van der Waals surface area contributed by atoms with Crippen molar-refractivity contribution in [2.24, 2.45) is 12.2 Å².